The number of amides is 2. The monoisotopic (exact) mass is 384 g/mol. The molecule has 1 atom stereocenters. The maximum atomic E-state index is 13.0. The quantitative estimate of drug-likeness (QED) is 0.740. The molecule has 7 heteroatoms. The van der Waals surface area contributed by atoms with Crippen molar-refractivity contribution in [1.29, 1.82) is 0 Å². The van der Waals surface area contributed by atoms with Gasteiger partial charge in [-0.05, 0) is 62.6 Å². The molecule has 1 aromatic rings. The topological polar surface area (TPSA) is 50.4 Å². The van der Waals surface area contributed by atoms with E-state index in [2.05, 4.69) is 10.6 Å². The zero-order valence-electron chi connectivity index (χ0n) is 15.7. The predicted molar refractivity (Wildman–Crippen MR) is 96.2 cm³/mol. The lowest BCUT2D eigenvalue weighted by Crippen LogP contribution is -2.56. The number of ether oxygens (including phenoxy) is 1. The normalized spacial score (nSPS) is 20.1. The highest BCUT2D eigenvalue weighted by molar-refractivity contribution is 5.75. The molecule has 2 amide bonds. The molecule has 1 aromatic carbocycles. The zero-order chi connectivity index (χ0) is 19.7. The second kappa shape index (κ2) is 7.70. The molecule has 2 saturated carbocycles. The zero-order valence-corrected chi connectivity index (χ0v) is 15.7. The van der Waals surface area contributed by atoms with Crippen molar-refractivity contribution in [2.45, 2.75) is 70.3 Å². The second-order valence-corrected chi connectivity index (χ2v) is 8.13. The van der Waals surface area contributed by atoms with Gasteiger partial charge in [-0.15, -0.1) is 0 Å². The van der Waals surface area contributed by atoms with Gasteiger partial charge in [0.25, 0.3) is 0 Å². The number of rotatable bonds is 6. The summed E-state index contributed by atoms with van der Waals surface area (Å²) in [5.74, 6) is 0. The molecule has 2 N–H and O–H groups in total. The third kappa shape index (κ3) is 4.94. The number of hydrogen-bond donors (Lipinski definition) is 2. The fourth-order valence-electron chi connectivity index (χ4n) is 4.00. The number of urea groups is 1. The Labute approximate surface area is 157 Å². The van der Waals surface area contributed by atoms with Crippen molar-refractivity contribution in [2.24, 2.45) is 5.41 Å². The predicted octanol–water partition coefficient (Wildman–Crippen LogP) is 4.80. The van der Waals surface area contributed by atoms with Crippen molar-refractivity contribution in [3.63, 3.8) is 0 Å². The first kappa shape index (κ1) is 20.0. The van der Waals surface area contributed by atoms with Crippen LogP contribution in [0.1, 0.15) is 63.1 Å². The molecule has 0 saturated heterocycles. The lowest BCUT2D eigenvalue weighted by atomic mass is 9.54. The van der Waals surface area contributed by atoms with Crippen LogP contribution in [0.3, 0.4) is 0 Å². The average Bonchev–Trinajstić information content (AvgIpc) is 2.51. The van der Waals surface area contributed by atoms with E-state index >= 15 is 0 Å². The van der Waals surface area contributed by atoms with E-state index in [1.165, 1.54) is 25.3 Å². The van der Waals surface area contributed by atoms with Crippen molar-refractivity contribution in [3.05, 3.63) is 35.4 Å². The first-order valence-corrected chi connectivity index (χ1v) is 9.53. The highest BCUT2D eigenvalue weighted by Crippen LogP contribution is 2.55. The summed E-state index contributed by atoms with van der Waals surface area (Å²) >= 11 is 0. The van der Waals surface area contributed by atoms with Crippen LogP contribution in [-0.4, -0.2) is 24.8 Å². The summed E-state index contributed by atoms with van der Waals surface area (Å²) in [4.78, 5) is 12.4. The number of carbonyl (C=O) groups is 1. The van der Waals surface area contributed by atoms with E-state index in [0.29, 0.717) is 11.0 Å². The van der Waals surface area contributed by atoms with Crippen LogP contribution in [0.4, 0.5) is 18.0 Å². The number of alkyl halides is 3. The van der Waals surface area contributed by atoms with Gasteiger partial charge in [-0.25, -0.2) is 4.79 Å². The van der Waals surface area contributed by atoms with Gasteiger partial charge in [-0.2, -0.15) is 13.2 Å². The highest BCUT2D eigenvalue weighted by atomic mass is 19.4. The molecule has 0 radical (unpaired) electrons. The Morgan fingerprint density at radius 1 is 1.30 bits per heavy atom. The number of hydrogen-bond acceptors (Lipinski definition) is 2. The van der Waals surface area contributed by atoms with Crippen LogP contribution in [0.5, 0.6) is 0 Å². The maximum absolute atomic E-state index is 13.0. The molecule has 2 aliphatic carbocycles. The fourth-order valence-corrected chi connectivity index (χ4v) is 4.00. The Bertz CT molecular complexity index is 663. The molecule has 150 valence electrons. The van der Waals surface area contributed by atoms with Gasteiger partial charge in [-0.3, -0.25) is 0 Å². The maximum Gasteiger partial charge on any atom is 0.416 e. The summed E-state index contributed by atoms with van der Waals surface area (Å²) in [6.45, 7) is 3.80. The van der Waals surface area contributed by atoms with Crippen molar-refractivity contribution < 1.29 is 22.7 Å². The van der Waals surface area contributed by atoms with Crippen molar-refractivity contribution in [3.8, 4) is 0 Å². The number of halogens is 3. The molecule has 2 aliphatic rings. The molecule has 1 spiro atoms. The Hall–Kier alpha value is -1.76. The van der Waals surface area contributed by atoms with Crippen molar-refractivity contribution in [1.82, 2.24) is 10.6 Å². The van der Waals surface area contributed by atoms with Gasteiger partial charge < -0.3 is 15.4 Å². The van der Waals surface area contributed by atoms with Gasteiger partial charge >= 0.3 is 12.2 Å². The third-order valence-electron chi connectivity index (χ3n) is 5.63. The van der Waals surface area contributed by atoms with E-state index in [4.69, 9.17) is 4.74 Å². The molecule has 1 unspecified atom stereocenters. The van der Waals surface area contributed by atoms with Crippen LogP contribution in [0.2, 0.25) is 0 Å². The minimum absolute atomic E-state index is 0.0896. The lowest BCUT2D eigenvalue weighted by Gasteiger charge is -2.54. The van der Waals surface area contributed by atoms with Crippen molar-refractivity contribution in [2.75, 3.05) is 6.61 Å². The molecule has 0 aliphatic heterocycles. The van der Waals surface area contributed by atoms with Gasteiger partial charge in [-0.1, -0.05) is 18.6 Å². The van der Waals surface area contributed by atoms with Crippen LogP contribution in [0.25, 0.3) is 0 Å². The Balaban J connectivity index is 1.63. The highest BCUT2D eigenvalue weighted by Gasteiger charge is 2.48. The summed E-state index contributed by atoms with van der Waals surface area (Å²) in [5.41, 5.74) is 0.0893. The van der Waals surface area contributed by atoms with Gasteiger partial charge in [0.1, 0.15) is 0 Å². The van der Waals surface area contributed by atoms with Gasteiger partial charge in [0.15, 0.2) is 0 Å². The average molecular weight is 384 g/mol. The molecule has 2 fully saturated rings. The molecule has 3 rings (SSSR count). The van der Waals surface area contributed by atoms with E-state index in [9.17, 15) is 18.0 Å². The molecule has 4 nitrogen and oxygen atoms in total. The largest absolute Gasteiger partial charge is 0.416 e. The first-order valence-electron chi connectivity index (χ1n) is 9.53. The summed E-state index contributed by atoms with van der Waals surface area (Å²) in [7, 11) is 0. The van der Waals surface area contributed by atoms with Crippen LogP contribution < -0.4 is 10.6 Å². The smallest absolute Gasteiger partial charge is 0.376 e. The van der Waals surface area contributed by atoms with E-state index in [0.717, 1.165) is 25.0 Å². The molecule has 0 heterocycles. The van der Waals surface area contributed by atoms with Gasteiger partial charge in [0.2, 0.25) is 0 Å². The van der Waals surface area contributed by atoms with Crippen molar-refractivity contribution >= 4 is 6.03 Å². The van der Waals surface area contributed by atoms with E-state index in [1.807, 2.05) is 13.8 Å². The molecule has 0 bridgehead atoms. The van der Waals surface area contributed by atoms with E-state index < -0.39 is 17.8 Å². The first-order chi connectivity index (χ1) is 12.7. The molecule has 0 aromatic heterocycles. The Kier molecular flexibility index (Phi) is 5.70. The number of benzene rings is 1. The van der Waals surface area contributed by atoms with Crippen LogP contribution >= 0.6 is 0 Å². The number of carbonyl (C=O) groups excluding carboxylic acids is 1. The van der Waals surface area contributed by atoms with E-state index in [-0.39, 0.29) is 24.8 Å². The van der Waals surface area contributed by atoms with Crippen LogP contribution in [-0.2, 0) is 10.9 Å². The SMILES string of the molecule is CC(C)OCC(NC(=O)NC1CC2(CCC2)C1)c1cccc(C(F)(F)F)c1. The summed E-state index contributed by atoms with van der Waals surface area (Å²) < 4.78 is 44.6. The lowest BCUT2D eigenvalue weighted by molar-refractivity contribution is -0.137. The minimum Gasteiger partial charge on any atom is -0.376 e. The standard InChI is InChI=1S/C20H27F3N2O2/c1-13(2)27-12-17(14-5-3-6-15(9-14)20(21,22)23)25-18(26)24-16-10-19(11-16)7-4-8-19/h3,5-6,9,13,16-17H,4,7-8,10-12H2,1-2H3,(H2,24,25,26). The summed E-state index contributed by atoms with van der Waals surface area (Å²) in [6.07, 6.45) is 1.22. The molecule has 27 heavy (non-hydrogen) atoms. The van der Waals surface area contributed by atoms with Gasteiger partial charge in [0, 0.05) is 6.04 Å². The second-order valence-electron chi connectivity index (χ2n) is 8.13. The third-order valence-corrected chi connectivity index (χ3v) is 5.63. The number of nitrogens with one attached hydrogen (secondary N) is 2. The Morgan fingerprint density at radius 3 is 2.56 bits per heavy atom. The Morgan fingerprint density at radius 2 is 2.00 bits per heavy atom. The van der Waals surface area contributed by atoms with Crippen LogP contribution in [0, 0.1) is 5.41 Å². The van der Waals surface area contributed by atoms with Crippen LogP contribution in [0.15, 0.2) is 24.3 Å². The summed E-state index contributed by atoms with van der Waals surface area (Å²) in [5, 5.41) is 5.73. The van der Waals surface area contributed by atoms with E-state index in [1.54, 1.807) is 6.07 Å². The molecular weight excluding hydrogens is 357 g/mol. The minimum atomic E-state index is -4.43. The van der Waals surface area contributed by atoms with Gasteiger partial charge in [0.05, 0.1) is 24.3 Å². The molecular formula is C20H27F3N2O2. The summed E-state index contributed by atoms with van der Waals surface area (Å²) in [6, 6.07) is 4.18. The fraction of sp³-hybridized carbons (Fsp3) is 0.650.